The molecule has 0 radical (unpaired) electrons. The fourth-order valence-electron chi connectivity index (χ4n) is 3.30. The number of nitrogens with zero attached hydrogens (tertiary/aromatic N) is 3. The summed E-state index contributed by atoms with van der Waals surface area (Å²) >= 11 is 1.57. The van der Waals surface area contributed by atoms with Crippen molar-refractivity contribution in [2.24, 2.45) is 5.92 Å². The fraction of sp³-hybridized carbons (Fsp3) is 0.364. The third-order valence-electron chi connectivity index (χ3n) is 5.31. The summed E-state index contributed by atoms with van der Waals surface area (Å²) in [5.74, 6) is -2.29. The van der Waals surface area contributed by atoms with Crippen molar-refractivity contribution < 1.29 is 27.9 Å². The van der Waals surface area contributed by atoms with E-state index in [0.29, 0.717) is 11.6 Å². The molecule has 0 aliphatic carbocycles. The number of carboxylic acid groups (broad SMARTS) is 1. The average Bonchev–Trinajstić information content (AvgIpc) is 3.53. The van der Waals surface area contributed by atoms with E-state index in [4.69, 9.17) is 9.90 Å². The maximum Gasteiger partial charge on any atom is 0.490 e. The number of alkyl halides is 3. The van der Waals surface area contributed by atoms with E-state index in [9.17, 15) is 18.0 Å². The summed E-state index contributed by atoms with van der Waals surface area (Å²) in [5.41, 5.74) is 4.39. The molecule has 1 aliphatic heterocycles. The lowest BCUT2D eigenvalue weighted by atomic mass is 10.1. The molecule has 1 aliphatic rings. The van der Waals surface area contributed by atoms with Crippen molar-refractivity contribution in [3.63, 3.8) is 0 Å². The second kappa shape index (κ2) is 10.8. The maximum atomic E-state index is 12.5. The number of carboxylic acids is 1. The van der Waals surface area contributed by atoms with E-state index in [0.717, 1.165) is 47.3 Å². The highest BCUT2D eigenvalue weighted by atomic mass is 32.1. The molecular formula is C22H24F3N5O3S. The smallest absolute Gasteiger partial charge is 0.475 e. The van der Waals surface area contributed by atoms with E-state index < -0.39 is 12.1 Å². The van der Waals surface area contributed by atoms with Crippen LogP contribution in [-0.4, -0.2) is 50.8 Å². The number of anilines is 1. The molecule has 2 aromatic heterocycles. The zero-order chi connectivity index (χ0) is 24.9. The zero-order valence-corrected chi connectivity index (χ0v) is 19.3. The summed E-state index contributed by atoms with van der Waals surface area (Å²) in [4.78, 5) is 30.2. The molecule has 0 spiro atoms. The summed E-state index contributed by atoms with van der Waals surface area (Å²) in [7, 11) is 0. The van der Waals surface area contributed by atoms with Gasteiger partial charge in [0.1, 0.15) is 5.69 Å². The molecule has 3 heterocycles. The normalized spacial score (nSPS) is 15.5. The Kier molecular flexibility index (Phi) is 8.05. The summed E-state index contributed by atoms with van der Waals surface area (Å²) in [5, 5.41) is 16.3. The predicted molar refractivity (Wildman–Crippen MR) is 121 cm³/mol. The Morgan fingerprint density at radius 1 is 1.26 bits per heavy atom. The molecule has 1 fully saturated rings. The molecule has 4 rings (SSSR count). The number of hydrogen-bond acceptors (Lipinski definition) is 6. The Morgan fingerprint density at radius 3 is 2.47 bits per heavy atom. The maximum absolute atomic E-state index is 12.5. The number of carbonyl (C=O) groups is 2. The third kappa shape index (κ3) is 6.64. The van der Waals surface area contributed by atoms with Crippen molar-refractivity contribution >= 4 is 28.9 Å². The molecule has 1 aromatic carbocycles. The molecule has 0 saturated carbocycles. The number of aliphatic carboxylic acids is 1. The van der Waals surface area contributed by atoms with Gasteiger partial charge in [-0.05, 0) is 63.5 Å². The molecular weight excluding hydrogens is 471 g/mol. The van der Waals surface area contributed by atoms with E-state index in [-0.39, 0.29) is 5.91 Å². The Morgan fingerprint density at radius 2 is 1.94 bits per heavy atom. The van der Waals surface area contributed by atoms with Gasteiger partial charge in [0.25, 0.3) is 5.91 Å². The zero-order valence-electron chi connectivity index (χ0n) is 18.5. The molecule has 34 heavy (non-hydrogen) atoms. The monoisotopic (exact) mass is 495 g/mol. The van der Waals surface area contributed by atoms with Crippen LogP contribution in [0.1, 0.15) is 33.3 Å². The number of carbonyl (C=O) groups excluding carboxylic acids is 1. The molecule has 1 saturated heterocycles. The lowest BCUT2D eigenvalue weighted by Crippen LogP contribution is -2.21. The fourth-order valence-corrected chi connectivity index (χ4v) is 4.19. The number of aromatic nitrogens is 3. The number of imidazole rings is 1. The first-order chi connectivity index (χ1) is 16.0. The minimum Gasteiger partial charge on any atom is -0.475 e. The van der Waals surface area contributed by atoms with Crippen LogP contribution >= 0.6 is 11.3 Å². The first-order valence-corrected chi connectivity index (χ1v) is 11.3. The van der Waals surface area contributed by atoms with Crippen LogP contribution in [0, 0.1) is 19.8 Å². The molecule has 1 unspecified atom stereocenters. The van der Waals surface area contributed by atoms with Crippen LogP contribution < -0.4 is 10.6 Å². The largest absolute Gasteiger partial charge is 0.490 e. The summed E-state index contributed by atoms with van der Waals surface area (Å²) < 4.78 is 33.8. The predicted octanol–water partition coefficient (Wildman–Crippen LogP) is 3.98. The molecule has 12 heteroatoms. The number of benzene rings is 1. The van der Waals surface area contributed by atoms with Crippen molar-refractivity contribution in [1.29, 1.82) is 0 Å². The van der Waals surface area contributed by atoms with Gasteiger partial charge in [0.15, 0.2) is 0 Å². The van der Waals surface area contributed by atoms with Crippen LogP contribution in [0.25, 0.3) is 5.69 Å². The topological polar surface area (TPSA) is 109 Å². The van der Waals surface area contributed by atoms with Gasteiger partial charge in [-0.3, -0.25) is 4.79 Å². The van der Waals surface area contributed by atoms with Crippen molar-refractivity contribution in [2.45, 2.75) is 32.9 Å². The number of amides is 1. The highest BCUT2D eigenvalue weighted by Crippen LogP contribution is 2.20. The van der Waals surface area contributed by atoms with E-state index in [1.807, 2.05) is 54.4 Å². The van der Waals surface area contributed by atoms with Gasteiger partial charge in [-0.15, -0.1) is 11.3 Å². The van der Waals surface area contributed by atoms with Gasteiger partial charge in [-0.2, -0.15) is 13.2 Å². The number of hydrogen-bond donors (Lipinski definition) is 3. The van der Waals surface area contributed by atoms with Gasteiger partial charge in [-0.25, -0.2) is 14.8 Å². The summed E-state index contributed by atoms with van der Waals surface area (Å²) in [6, 6.07) is 7.76. The number of rotatable bonds is 5. The standard InChI is InChI=1S/C20H23N5OS.C2HF3O2/c1-13-14(2)25(12-22-13)17-5-3-16(4-6-17)23-20(26)18-11-27-19(24-18)9-15-7-8-21-10-15;3-2(4,5)1(6)7/h3-6,11-12,15,21H,7-10H2,1-2H3,(H,23,26);(H,6,7). The molecule has 182 valence electrons. The molecule has 0 bridgehead atoms. The number of nitrogens with one attached hydrogen (secondary N) is 2. The van der Waals surface area contributed by atoms with Crippen LogP contribution in [0.2, 0.25) is 0 Å². The summed E-state index contributed by atoms with van der Waals surface area (Å²) in [6.45, 7) is 6.16. The van der Waals surface area contributed by atoms with Crippen LogP contribution in [0.4, 0.5) is 18.9 Å². The van der Waals surface area contributed by atoms with Crippen molar-refractivity contribution in [2.75, 3.05) is 18.4 Å². The van der Waals surface area contributed by atoms with E-state index in [2.05, 4.69) is 20.6 Å². The quantitative estimate of drug-likeness (QED) is 0.494. The lowest BCUT2D eigenvalue weighted by molar-refractivity contribution is -0.192. The first-order valence-electron chi connectivity index (χ1n) is 10.4. The van der Waals surface area contributed by atoms with Gasteiger partial charge in [0.2, 0.25) is 0 Å². The van der Waals surface area contributed by atoms with Gasteiger partial charge in [0, 0.05) is 28.9 Å². The molecule has 1 amide bonds. The van der Waals surface area contributed by atoms with Crippen LogP contribution in [0.15, 0.2) is 36.0 Å². The second-order valence-corrected chi connectivity index (χ2v) is 8.72. The number of halogens is 3. The van der Waals surface area contributed by atoms with Crippen LogP contribution in [-0.2, 0) is 11.2 Å². The first kappa shape index (κ1) is 25.4. The summed E-state index contributed by atoms with van der Waals surface area (Å²) in [6.07, 6.45) is -1.14. The van der Waals surface area contributed by atoms with E-state index in [1.165, 1.54) is 6.42 Å². The Bertz CT molecular complexity index is 1140. The SMILES string of the molecule is Cc1ncn(-c2ccc(NC(=O)c3csc(CC4CCNC4)n3)cc2)c1C.O=C(O)C(F)(F)F. The minimum absolute atomic E-state index is 0.163. The van der Waals surface area contributed by atoms with E-state index in [1.54, 1.807) is 11.3 Å². The average molecular weight is 496 g/mol. The van der Waals surface area contributed by atoms with Crippen molar-refractivity contribution in [1.82, 2.24) is 19.9 Å². The minimum atomic E-state index is -5.08. The van der Waals surface area contributed by atoms with Crippen molar-refractivity contribution in [3.8, 4) is 5.69 Å². The van der Waals surface area contributed by atoms with Gasteiger partial charge < -0.3 is 20.3 Å². The Balaban J connectivity index is 0.000000406. The molecule has 3 N–H and O–H groups in total. The number of aryl methyl sites for hydroxylation is 1. The molecule has 3 aromatic rings. The highest BCUT2D eigenvalue weighted by molar-refractivity contribution is 7.09. The second-order valence-electron chi connectivity index (χ2n) is 7.78. The lowest BCUT2D eigenvalue weighted by Gasteiger charge is -2.08. The van der Waals surface area contributed by atoms with Crippen molar-refractivity contribution in [3.05, 3.63) is 58.1 Å². The van der Waals surface area contributed by atoms with Gasteiger partial charge in [0.05, 0.1) is 17.0 Å². The Hall–Kier alpha value is -3.25. The molecule has 8 nitrogen and oxygen atoms in total. The van der Waals surface area contributed by atoms with Crippen LogP contribution in [0.5, 0.6) is 0 Å². The Labute approximate surface area is 197 Å². The van der Waals surface area contributed by atoms with Crippen LogP contribution in [0.3, 0.4) is 0 Å². The van der Waals surface area contributed by atoms with Gasteiger partial charge >= 0.3 is 12.1 Å². The highest BCUT2D eigenvalue weighted by Gasteiger charge is 2.38. The third-order valence-corrected chi connectivity index (χ3v) is 6.18. The number of thiazole rings is 1. The van der Waals surface area contributed by atoms with Gasteiger partial charge in [-0.1, -0.05) is 0 Å². The van der Waals surface area contributed by atoms with E-state index >= 15 is 0 Å². The molecule has 1 atom stereocenters.